The lowest BCUT2D eigenvalue weighted by atomic mass is 10.2. The van der Waals surface area contributed by atoms with E-state index < -0.39 is 5.97 Å². The molecule has 0 saturated heterocycles. The van der Waals surface area contributed by atoms with Crippen LogP contribution >= 0.6 is 0 Å². The lowest BCUT2D eigenvalue weighted by Crippen LogP contribution is -2.40. The Hall–Kier alpha value is -1.86. The fourth-order valence-corrected chi connectivity index (χ4v) is 1.96. The van der Waals surface area contributed by atoms with Crippen LogP contribution in [0.1, 0.15) is 17.4 Å². The minimum Gasteiger partial charge on any atom is -0.464 e. The Kier molecular flexibility index (Phi) is 6.90. The average molecular weight is 297 g/mol. The molecule has 0 fully saturated rings. The van der Waals surface area contributed by atoms with Gasteiger partial charge in [-0.05, 0) is 19.1 Å². The molecule has 1 heterocycles. The van der Waals surface area contributed by atoms with Crippen molar-refractivity contribution < 1.29 is 19.0 Å². The standard InChI is InChI=1S/C14H23N3O4/c1-10(9-20-3)17(7-8-19-2)13-11(15)5-6-12(16-13)14(18)21-4/h5-6,10H,7-9,15H2,1-4H3. The lowest BCUT2D eigenvalue weighted by molar-refractivity contribution is 0.0594. The normalized spacial score (nSPS) is 12.0. The second-order valence-electron chi connectivity index (χ2n) is 4.59. The Labute approximate surface area is 125 Å². The maximum absolute atomic E-state index is 11.6. The minimum absolute atomic E-state index is 0.0350. The number of rotatable bonds is 8. The van der Waals surface area contributed by atoms with E-state index in [0.717, 1.165) is 0 Å². The van der Waals surface area contributed by atoms with Crippen LogP contribution in [0.4, 0.5) is 11.5 Å². The van der Waals surface area contributed by atoms with Gasteiger partial charge in [-0.15, -0.1) is 0 Å². The van der Waals surface area contributed by atoms with Crippen LogP contribution in [0.3, 0.4) is 0 Å². The third-order valence-corrected chi connectivity index (χ3v) is 3.05. The summed E-state index contributed by atoms with van der Waals surface area (Å²) in [5.41, 5.74) is 6.70. The molecule has 1 atom stereocenters. The number of carbonyl (C=O) groups excluding carboxylic acids is 1. The molecule has 1 aromatic heterocycles. The second-order valence-corrected chi connectivity index (χ2v) is 4.59. The molecule has 0 aliphatic rings. The molecule has 2 N–H and O–H groups in total. The summed E-state index contributed by atoms with van der Waals surface area (Å²) in [6.07, 6.45) is 0. The summed E-state index contributed by atoms with van der Waals surface area (Å²) >= 11 is 0. The number of esters is 1. The number of aromatic nitrogens is 1. The Morgan fingerprint density at radius 1 is 1.33 bits per heavy atom. The summed E-state index contributed by atoms with van der Waals surface area (Å²) in [5.74, 6) is 0.0295. The molecule has 0 amide bonds. The molecule has 0 aliphatic carbocycles. The van der Waals surface area contributed by atoms with Crippen LogP contribution in [0.2, 0.25) is 0 Å². The van der Waals surface area contributed by atoms with Gasteiger partial charge in [0.25, 0.3) is 0 Å². The van der Waals surface area contributed by atoms with E-state index in [-0.39, 0.29) is 11.7 Å². The van der Waals surface area contributed by atoms with E-state index in [1.807, 2.05) is 11.8 Å². The van der Waals surface area contributed by atoms with Crippen molar-refractivity contribution in [1.29, 1.82) is 0 Å². The van der Waals surface area contributed by atoms with Gasteiger partial charge in [0.1, 0.15) is 0 Å². The predicted molar refractivity (Wildman–Crippen MR) is 80.5 cm³/mol. The van der Waals surface area contributed by atoms with Crippen LogP contribution in [0.15, 0.2) is 12.1 Å². The monoisotopic (exact) mass is 297 g/mol. The summed E-state index contributed by atoms with van der Waals surface area (Å²) in [6, 6.07) is 3.22. The molecule has 0 bridgehead atoms. The number of methoxy groups -OCH3 is 3. The second kappa shape index (κ2) is 8.43. The van der Waals surface area contributed by atoms with Crippen molar-refractivity contribution in [3.05, 3.63) is 17.8 Å². The maximum Gasteiger partial charge on any atom is 0.356 e. The third kappa shape index (κ3) is 4.57. The van der Waals surface area contributed by atoms with E-state index in [4.69, 9.17) is 15.2 Å². The topological polar surface area (TPSA) is 86.9 Å². The average Bonchev–Trinajstić information content (AvgIpc) is 2.48. The number of hydrogen-bond acceptors (Lipinski definition) is 7. The summed E-state index contributed by atoms with van der Waals surface area (Å²) in [5, 5.41) is 0. The van der Waals surface area contributed by atoms with Crippen molar-refractivity contribution in [2.24, 2.45) is 0 Å². The van der Waals surface area contributed by atoms with E-state index >= 15 is 0 Å². The molecule has 1 unspecified atom stereocenters. The quantitative estimate of drug-likeness (QED) is 0.714. The Balaban J connectivity index is 3.12. The highest BCUT2D eigenvalue weighted by molar-refractivity contribution is 5.88. The van der Waals surface area contributed by atoms with Crippen LogP contribution in [0.5, 0.6) is 0 Å². The van der Waals surface area contributed by atoms with Crippen molar-refractivity contribution in [2.75, 3.05) is 51.7 Å². The van der Waals surface area contributed by atoms with E-state index in [1.165, 1.54) is 7.11 Å². The maximum atomic E-state index is 11.6. The first-order chi connectivity index (χ1) is 10.0. The number of hydrogen-bond donors (Lipinski definition) is 1. The lowest BCUT2D eigenvalue weighted by Gasteiger charge is -2.30. The van der Waals surface area contributed by atoms with Gasteiger partial charge in [-0.2, -0.15) is 0 Å². The fraction of sp³-hybridized carbons (Fsp3) is 0.571. The fourth-order valence-electron chi connectivity index (χ4n) is 1.96. The van der Waals surface area contributed by atoms with Crippen LogP contribution < -0.4 is 10.6 Å². The van der Waals surface area contributed by atoms with Gasteiger partial charge >= 0.3 is 5.97 Å². The number of nitrogen functional groups attached to an aromatic ring is 1. The molecule has 1 rings (SSSR count). The summed E-state index contributed by atoms with van der Waals surface area (Å²) in [7, 11) is 4.57. The number of carbonyl (C=O) groups is 1. The van der Waals surface area contributed by atoms with Crippen molar-refractivity contribution in [2.45, 2.75) is 13.0 Å². The largest absolute Gasteiger partial charge is 0.464 e. The molecule has 7 nitrogen and oxygen atoms in total. The van der Waals surface area contributed by atoms with Gasteiger partial charge in [0.05, 0.1) is 32.1 Å². The van der Waals surface area contributed by atoms with Gasteiger partial charge < -0.3 is 24.8 Å². The molecule has 0 saturated carbocycles. The van der Waals surface area contributed by atoms with Gasteiger partial charge in [0.15, 0.2) is 11.5 Å². The van der Waals surface area contributed by atoms with Gasteiger partial charge in [-0.25, -0.2) is 9.78 Å². The Morgan fingerprint density at radius 2 is 2.05 bits per heavy atom. The number of anilines is 2. The van der Waals surface area contributed by atoms with E-state index in [1.54, 1.807) is 26.4 Å². The van der Waals surface area contributed by atoms with Crippen molar-refractivity contribution in [3.8, 4) is 0 Å². The highest BCUT2D eigenvalue weighted by atomic mass is 16.5. The van der Waals surface area contributed by atoms with E-state index in [2.05, 4.69) is 9.72 Å². The predicted octanol–water partition coefficient (Wildman–Crippen LogP) is 0.938. The van der Waals surface area contributed by atoms with Gasteiger partial charge in [0, 0.05) is 20.8 Å². The molecule has 7 heteroatoms. The third-order valence-electron chi connectivity index (χ3n) is 3.05. The zero-order chi connectivity index (χ0) is 15.8. The number of nitrogens with two attached hydrogens (primary N) is 1. The molecular weight excluding hydrogens is 274 g/mol. The van der Waals surface area contributed by atoms with Crippen LogP contribution in [-0.2, 0) is 14.2 Å². The Bertz CT molecular complexity index is 468. The zero-order valence-electron chi connectivity index (χ0n) is 13.0. The summed E-state index contributed by atoms with van der Waals surface area (Å²) in [6.45, 7) is 3.60. The minimum atomic E-state index is -0.498. The molecule has 0 radical (unpaired) electrons. The van der Waals surface area contributed by atoms with Gasteiger partial charge in [-0.3, -0.25) is 0 Å². The molecule has 1 aromatic rings. The van der Waals surface area contributed by atoms with Crippen LogP contribution in [0.25, 0.3) is 0 Å². The molecule has 0 aromatic carbocycles. The van der Waals surface area contributed by atoms with Gasteiger partial charge in [0.2, 0.25) is 0 Å². The first-order valence-corrected chi connectivity index (χ1v) is 6.64. The number of ether oxygens (including phenoxy) is 3. The van der Waals surface area contributed by atoms with Gasteiger partial charge in [-0.1, -0.05) is 0 Å². The van der Waals surface area contributed by atoms with E-state index in [9.17, 15) is 4.79 Å². The number of pyridine rings is 1. The highest BCUT2D eigenvalue weighted by Gasteiger charge is 2.20. The van der Waals surface area contributed by atoms with Crippen molar-refractivity contribution >= 4 is 17.5 Å². The number of nitrogens with zero attached hydrogens (tertiary/aromatic N) is 2. The van der Waals surface area contributed by atoms with Crippen LogP contribution in [-0.4, -0.2) is 58.1 Å². The van der Waals surface area contributed by atoms with Crippen molar-refractivity contribution in [3.63, 3.8) is 0 Å². The molecule has 21 heavy (non-hydrogen) atoms. The summed E-state index contributed by atoms with van der Waals surface area (Å²) < 4.78 is 15.0. The molecule has 0 spiro atoms. The Morgan fingerprint density at radius 3 is 2.62 bits per heavy atom. The SMILES string of the molecule is COCCN(c1nc(C(=O)OC)ccc1N)C(C)COC. The molecule has 0 aliphatic heterocycles. The van der Waals surface area contributed by atoms with Crippen molar-refractivity contribution in [1.82, 2.24) is 4.98 Å². The van der Waals surface area contributed by atoms with Crippen LogP contribution in [0, 0.1) is 0 Å². The first-order valence-electron chi connectivity index (χ1n) is 6.64. The zero-order valence-corrected chi connectivity index (χ0v) is 13.0. The smallest absolute Gasteiger partial charge is 0.356 e. The van der Waals surface area contributed by atoms with E-state index in [0.29, 0.717) is 31.3 Å². The molecule has 118 valence electrons. The highest BCUT2D eigenvalue weighted by Crippen LogP contribution is 2.23. The summed E-state index contributed by atoms with van der Waals surface area (Å²) in [4.78, 5) is 17.9. The molecular formula is C14H23N3O4. The first kappa shape index (κ1) is 17.2.